The topological polar surface area (TPSA) is 53.6 Å². The van der Waals surface area contributed by atoms with Crippen LogP contribution < -0.4 is 5.32 Å². The Balaban J connectivity index is 1.64. The molecule has 1 heterocycles. The Morgan fingerprint density at radius 3 is 2.90 bits per heavy atom. The highest BCUT2D eigenvalue weighted by Crippen LogP contribution is 2.28. The van der Waals surface area contributed by atoms with Gasteiger partial charge in [-0.3, -0.25) is 4.68 Å². The third-order valence-corrected chi connectivity index (χ3v) is 3.92. The molecule has 1 aliphatic rings. The maximum atomic E-state index is 13.2. The van der Waals surface area contributed by atoms with E-state index in [1.54, 1.807) is 6.07 Å². The predicted molar refractivity (Wildman–Crippen MR) is 78.2 cm³/mol. The number of rotatable bonds is 4. The third kappa shape index (κ3) is 3.05. The molecule has 0 aliphatic heterocycles. The molecule has 1 saturated carbocycles. The van der Waals surface area contributed by atoms with Gasteiger partial charge in [0.05, 0.1) is 23.8 Å². The summed E-state index contributed by atoms with van der Waals surface area (Å²) >= 11 is 0. The number of nitriles is 1. The van der Waals surface area contributed by atoms with Gasteiger partial charge >= 0.3 is 0 Å². The van der Waals surface area contributed by atoms with Crippen LogP contribution in [-0.4, -0.2) is 9.78 Å². The molecule has 4 nitrogen and oxygen atoms in total. The number of nitrogens with one attached hydrogen (secondary N) is 1. The zero-order chi connectivity index (χ0) is 14.7. The summed E-state index contributed by atoms with van der Waals surface area (Å²) in [5.41, 5.74) is 1.73. The van der Waals surface area contributed by atoms with Gasteiger partial charge in [0.2, 0.25) is 0 Å². The van der Waals surface area contributed by atoms with Crippen molar-refractivity contribution in [3.63, 3.8) is 0 Å². The van der Waals surface area contributed by atoms with Crippen LogP contribution in [-0.2, 0) is 6.54 Å². The smallest absolute Gasteiger partial charge is 0.141 e. The van der Waals surface area contributed by atoms with E-state index in [0.29, 0.717) is 12.6 Å². The van der Waals surface area contributed by atoms with Gasteiger partial charge in [-0.25, -0.2) is 4.39 Å². The number of halogens is 1. The normalized spacial score (nSPS) is 15.0. The summed E-state index contributed by atoms with van der Waals surface area (Å²) in [6.45, 7) is 0.566. The van der Waals surface area contributed by atoms with Gasteiger partial charge in [-0.1, -0.05) is 12.8 Å². The number of aromatic nitrogens is 2. The van der Waals surface area contributed by atoms with E-state index in [-0.39, 0.29) is 5.56 Å². The molecular formula is C16H17FN4. The molecule has 3 rings (SSSR count). The van der Waals surface area contributed by atoms with Crippen molar-refractivity contribution in [2.75, 3.05) is 5.32 Å². The lowest BCUT2D eigenvalue weighted by molar-refractivity contribution is 0.463. The van der Waals surface area contributed by atoms with Crippen molar-refractivity contribution < 1.29 is 4.39 Å². The number of nitrogens with zero attached hydrogens (tertiary/aromatic N) is 3. The fraction of sp³-hybridized carbons (Fsp3) is 0.375. The molecule has 2 aromatic rings. The molecule has 0 atom stereocenters. The highest BCUT2D eigenvalue weighted by Gasteiger charge is 2.17. The summed E-state index contributed by atoms with van der Waals surface area (Å²) in [5.74, 6) is -0.492. The molecule has 0 spiro atoms. The molecule has 108 valence electrons. The Hall–Kier alpha value is -2.35. The highest BCUT2D eigenvalue weighted by molar-refractivity contribution is 5.49. The summed E-state index contributed by atoms with van der Waals surface area (Å²) in [6, 6.07) is 8.83. The summed E-state index contributed by atoms with van der Waals surface area (Å²) in [7, 11) is 0. The highest BCUT2D eigenvalue weighted by atomic mass is 19.1. The first kappa shape index (κ1) is 13.6. The minimum absolute atomic E-state index is 0.0523. The van der Waals surface area contributed by atoms with Crippen LogP contribution >= 0.6 is 0 Å². The molecule has 0 radical (unpaired) electrons. The molecule has 0 bridgehead atoms. The van der Waals surface area contributed by atoms with Crippen molar-refractivity contribution in [1.82, 2.24) is 9.78 Å². The molecule has 0 unspecified atom stereocenters. The van der Waals surface area contributed by atoms with Gasteiger partial charge in [-0.2, -0.15) is 10.4 Å². The van der Waals surface area contributed by atoms with Crippen LogP contribution in [0.4, 0.5) is 10.1 Å². The first-order valence-electron chi connectivity index (χ1n) is 7.24. The fourth-order valence-corrected chi connectivity index (χ4v) is 2.76. The van der Waals surface area contributed by atoms with Crippen LogP contribution in [0.2, 0.25) is 0 Å². The zero-order valence-corrected chi connectivity index (χ0v) is 11.7. The van der Waals surface area contributed by atoms with Crippen molar-refractivity contribution in [3.8, 4) is 6.07 Å². The summed E-state index contributed by atoms with van der Waals surface area (Å²) < 4.78 is 15.3. The van der Waals surface area contributed by atoms with Gasteiger partial charge in [-0.15, -0.1) is 0 Å². The van der Waals surface area contributed by atoms with E-state index < -0.39 is 5.82 Å². The Labute approximate surface area is 123 Å². The van der Waals surface area contributed by atoms with Crippen molar-refractivity contribution in [3.05, 3.63) is 47.5 Å². The molecule has 0 saturated heterocycles. The number of hydrogen-bond donors (Lipinski definition) is 1. The van der Waals surface area contributed by atoms with E-state index in [4.69, 9.17) is 5.26 Å². The van der Waals surface area contributed by atoms with Crippen LogP contribution in [0.15, 0.2) is 30.5 Å². The molecule has 21 heavy (non-hydrogen) atoms. The Morgan fingerprint density at radius 1 is 1.33 bits per heavy atom. The lowest BCUT2D eigenvalue weighted by Crippen LogP contribution is -2.07. The number of anilines is 1. The molecule has 0 amide bonds. The number of hydrogen-bond acceptors (Lipinski definition) is 3. The van der Waals surface area contributed by atoms with Gasteiger partial charge in [-0.05, 0) is 37.1 Å². The quantitative estimate of drug-likeness (QED) is 0.933. The fourth-order valence-electron chi connectivity index (χ4n) is 2.76. The van der Waals surface area contributed by atoms with Crippen LogP contribution in [0.5, 0.6) is 0 Å². The summed E-state index contributed by atoms with van der Waals surface area (Å²) in [5, 5.41) is 16.6. The van der Waals surface area contributed by atoms with E-state index in [1.807, 2.05) is 18.3 Å². The van der Waals surface area contributed by atoms with E-state index in [1.165, 1.54) is 37.8 Å². The van der Waals surface area contributed by atoms with E-state index in [2.05, 4.69) is 15.1 Å². The minimum atomic E-state index is -0.492. The van der Waals surface area contributed by atoms with Crippen LogP contribution in [0, 0.1) is 17.1 Å². The third-order valence-electron chi connectivity index (χ3n) is 3.92. The van der Waals surface area contributed by atoms with Crippen LogP contribution in [0.25, 0.3) is 0 Å². The second-order valence-electron chi connectivity index (χ2n) is 5.39. The molecule has 1 N–H and O–H groups in total. The van der Waals surface area contributed by atoms with Gasteiger partial charge < -0.3 is 5.32 Å². The summed E-state index contributed by atoms with van der Waals surface area (Å²) in [4.78, 5) is 0. The van der Waals surface area contributed by atoms with Crippen LogP contribution in [0.1, 0.15) is 43.0 Å². The van der Waals surface area contributed by atoms with Gasteiger partial charge in [0.25, 0.3) is 0 Å². The van der Waals surface area contributed by atoms with Gasteiger partial charge in [0.1, 0.15) is 11.9 Å². The second-order valence-corrected chi connectivity index (χ2v) is 5.39. The maximum Gasteiger partial charge on any atom is 0.141 e. The van der Waals surface area contributed by atoms with Crippen molar-refractivity contribution >= 4 is 5.69 Å². The maximum absolute atomic E-state index is 13.2. The van der Waals surface area contributed by atoms with Crippen molar-refractivity contribution in [2.24, 2.45) is 0 Å². The average molecular weight is 284 g/mol. The largest absolute Gasteiger partial charge is 0.379 e. The first-order chi connectivity index (χ1) is 10.3. The standard InChI is InChI=1S/C16H17FN4/c17-16-6-5-13(9-12(16)10-18)19-11-14-7-8-21(20-14)15-3-1-2-4-15/h5-9,15,19H,1-4,11H2. The van der Waals surface area contributed by atoms with Crippen molar-refractivity contribution in [1.29, 1.82) is 5.26 Å². The molecular weight excluding hydrogens is 267 g/mol. The predicted octanol–water partition coefficient (Wildman–Crippen LogP) is 3.62. The monoisotopic (exact) mass is 284 g/mol. The number of benzene rings is 1. The molecule has 1 aromatic heterocycles. The molecule has 1 aliphatic carbocycles. The van der Waals surface area contributed by atoms with Gasteiger partial charge in [0, 0.05) is 11.9 Å². The van der Waals surface area contributed by atoms with Crippen LogP contribution in [0.3, 0.4) is 0 Å². The van der Waals surface area contributed by atoms with E-state index >= 15 is 0 Å². The molecule has 1 fully saturated rings. The minimum Gasteiger partial charge on any atom is -0.379 e. The van der Waals surface area contributed by atoms with Crippen molar-refractivity contribution in [2.45, 2.75) is 38.3 Å². The van der Waals surface area contributed by atoms with Gasteiger partial charge in [0.15, 0.2) is 0 Å². The second kappa shape index (κ2) is 5.96. The Bertz CT molecular complexity index is 665. The summed E-state index contributed by atoms with van der Waals surface area (Å²) in [6.07, 6.45) is 7.00. The SMILES string of the molecule is N#Cc1cc(NCc2ccn(C3CCCC3)n2)ccc1F. The van der Waals surface area contributed by atoms with E-state index in [9.17, 15) is 4.39 Å². The average Bonchev–Trinajstić information content (AvgIpc) is 3.17. The Kier molecular flexibility index (Phi) is 3.87. The molecule has 5 heteroatoms. The lowest BCUT2D eigenvalue weighted by atomic mass is 10.2. The lowest BCUT2D eigenvalue weighted by Gasteiger charge is -2.09. The zero-order valence-electron chi connectivity index (χ0n) is 11.7. The molecule has 1 aromatic carbocycles. The first-order valence-corrected chi connectivity index (χ1v) is 7.24. The Morgan fingerprint density at radius 2 is 2.14 bits per heavy atom. The van der Waals surface area contributed by atoms with E-state index in [0.717, 1.165) is 11.4 Å².